The number of aromatic nitrogens is 3. The number of hydrogen-bond donors (Lipinski definition) is 0. The predicted molar refractivity (Wildman–Crippen MR) is 68.3 cm³/mol. The van der Waals surface area contributed by atoms with Crippen molar-refractivity contribution in [1.29, 1.82) is 5.26 Å². The molecule has 6 heteroatoms. The Kier molecular flexibility index (Phi) is 3.85. The van der Waals surface area contributed by atoms with Crippen LogP contribution in [-0.2, 0) is 12.8 Å². The Morgan fingerprint density at radius 2 is 2.33 bits per heavy atom. The fourth-order valence-corrected chi connectivity index (χ4v) is 2.33. The van der Waals surface area contributed by atoms with Crippen molar-refractivity contribution in [2.45, 2.75) is 10.9 Å². The molecule has 0 aliphatic rings. The van der Waals surface area contributed by atoms with Crippen molar-refractivity contribution in [1.82, 2.24) is 14.8 Å². The summed E-state index contributed by atoms with van der Waals surface area (Å²) in [6.07, 6.45) is 1.52. The molecule has 0 saturated carbocycles. The lowest BCUT2D eigenvalue weighted by molar-refractivity contribution is 0.413. The first-order valence-corrected chi connectivity index (χ1v) is 6.27. The Bertz CT molecular complexity index is 588. The minimum Gasteiger partial charge on any atom is -0.495 e. The number of rotatable bonds is 4. The lowest BCUT2D eigenvalue weighted by Crippen LogP contribution is -1.94. The largest absolute Gasteiger partial charge is 0.495 e. The molecule has 1 aromatic heterocycles. The Labute approximate surface area is 109 Å². The third kappa shape index (κ3) is 2.63. The summed E-state index contributed by atoms with van der Waals surface area (Å²) in [4.78, 5) is 4.13. The number of aryl methyl sites for hydroxylation is 1. The number of ether oxygens (including phenoxy) is 1. The number of nitrogens with zero attached hydrogens (tertiary/aromatic N) is 4. The molecule has 0 atom stereocenters. The van der Waals surface area contributed by atoms with Crippen molar-refractivity contribution in [2.75, 3.05) is 7.11 Å². The number of nitriles is 1. The Balaban J connectivity index is 2.11. The van der Waals surface area contributed by atoms with E-state index in [9.17, 15) is 0 Å². The molecule has 0 bridgehead atoms. The van der Waals surface area contributed by atoms with Crippen LogP contribution in [0.2, 0.25) is 0 Å². The van der Waals surface area contributed by atoms with E-state index in [0.717, 1.165) is 16.5 Å². The molecule has 0 fully saturated rings. The van der Waals surface area contributed by atoms with Gasteiger partial charge < -0.3 is 4.74 Å². The first-order valence-electron chi connectivity index (χ1n) is 5.28. The Hall–Kier alpha value is -2.00. The molecule has 1 heterocycles. The molecule has 0 N–H and O–H groups in total. The van der Waals surface area contributed by atoms with E-state index in [1.54, 1.807) is 23.6 Å². The molecule has 0 saturated heterocycles. The summed E-state index contributed by atoms with van der Waals surface area (Å²) in [5, 5.41) is 13.9. The van der Waals surface area contributed by atoms with Crippen LogP contribution in [0.15, 0.2) is 29.7 Å². The van der Waals surface area contributed by atoms with E-state index in [1.807, 2.05) is 25.2 Å². The monoisotopic (exact) mass is 260 g/mol. The molecule has 2 rings (SSSR count). The highest BCUT2D eigenvalue weighted by atomic mass is 32.2. The van der Waals surface area contributed by atoms with Gasteiger partial charge in [0.2, 0.25) is 0 Å². The zero-order valence-corrected chi connectivity index (χ0v) is 10.9. The zero-order valence-electron chi connectivity index (χ0n) is 10.1. The van der Waals surface area contributed by atoms with Crippen LogP contribution in [0.1, 0.15) is 11.1 Å². The molecule has 1 aromatic carbocycles. The van der Waals surface area contributed by atoms with Crippen molar-refractivity contribution >= 4 is 11.8 Å². The van der Waals surface area contributed by atoms with E-state index in [4.69, 9.17) is 10.00 Å². The van der Waals surface area contributed by atoms with Gasteiger partial charge in [-0.1, -0.05) is 17.8 Å². The minimum absolute atomic E-state index is 0.550. The summed E-state index contributed by atoms with van der Waals surface area (Å²) in [5.74, 6) is 1.34. The normalized spacial score (nSPS) is 10.1. The SMILES string of the molecule is COc1ccc(CSc2ncnn2C)cc1C#N. The summed E-state index contributed by atoms with van der Waals surface area (Å²) in [5.41, 5.74) is 1.61. The molecule has 0 aliphatic heterocycles. The standard InChI is InChI=1S/C12H12N4OS/c1-16-12(14-8-15-16)18-7-9-3-4-11(17-2)10(5-9)6-13/h3-5,8H,7H2,1-2H3. The lowest BCUT2D eigenvalue weighted by Gasteiger charge is -2.05. The van der Waals surface area contributed by atoms with Gasteiger partial charge in [-0.25, -0.2) is 9.67 Å². The molecule has 18 heavy (non-hydrogen) atoms. The van der Waals surface area contributed by atoms with Crippen LogP contribution in [0.5, 0.6) is 5.75 Å². The molecule has 0 radical (unpaired) electrons. The van der Waals surface area contributed by atoms with Crippen molar-refractivity contribution in [2.24, 2.45) is 7.05 Å². The van der Waals surface area contributed by atoms with Crippen LogP contribution < -0.4 is 4.74 Å². The maximum Gasteiger partial charge on any atom is 0.186 e. The van der Waals surface area contributed by atoms with Gasteiger partial charge in [-0.3, -0.25) is 0 Å². The highest BCUT2D eigenvalue weighted by Gasteiger charge is 2.06. The highest BCUT2D eigenvalue weighted by Crippen LogP contribution is 2.24. The van der Waals surface area contributed by atoms with Gasteiger partial charge in [0.15, 0.2) is 5.16 Å². The van der Waals surface area contributed by atoms with Crippen LogP contribution in [-0.4, -0.2) is 21.9 Å². The average molecular weight is 260 g/mol. The number of hydrogen-bond acceptors (Lipinski definition) is 5. The first-order chi connectivity index (χ1) is 8.74. The molecular weight excluding hydrogens is 248 g/mol. The second-order valence-electron chi connectivity index (χ2n) is 3.60. The van der Waals surface area contributed by atoms with E-state index in [0.29, 0.717) is 11.3 Å². The van der Waals surface area contributed by atoms with Crippen molar-refractivity contribution in [3.8, 4) is 11.8 Å². The van der Waals surface area contributed by atoms with E-state index in [-0.39, 0.29) is 0 Å². The zero-order chi connectivity index (χ0) is 13.0. The fraction of sp³-hybridized carbons (Fsp3) is 0.250. The van der Waals surface area contributed by atoms with Gasteiger partial charge in [0.1, 0.15) is 18.1 Å². The van der Waals surface area contributed by atoms with E-state index in [2.05, 4.69) is 16.2 Å². The molecule has 92 valence electrons. The predicted octanol–water partition coefficient (Wildman–Crippen LogP) is 1.99. The lowest BCUT2D eigenvalue weighted by atomic mass is 10.1. The van der Waals surface area contributed by atoms with Gasteiger partial charge in [-0.15, -0.1) is 0 Å². The van der Waals surface area contributed by atoms with Crippen molar-refractivity contribution < 1.29 is 4.74 Å². The van der Waals surface area contributed by atoms with Gasteiger partial charge >= 0.3 is 0 Å². The van der Waals surface area contributed by atoms with Crippen LogP contribution in [0.3, 0.4) is 0 Å². The number of thioether (sulfide) groups is 1. The molecule has 2 aromatic rings. The van der Waals surface area contributed by atoms with Crippen LogP contribution in [0.25, 0.3) is 0 Å². The maximum absolute atomic E-state index is 9.01. The molecule has 0 aliphatic carbocycles. The average Bonchev–Trinajstić information content (AvgIpc) is 2.81. The first kappa shape index (κ1) is 12.5. The molecule has 0 spiro atoms. The van der Waals surface area contributed by atoms with Gasteiger partial charge in [0, 0.05) is 12.8 Å². The summed E-state index contributed by atoms with van der Waals surface area (Å²) in [6, 6.07) is 7.72. The molecule has 0 unspecified atom stereocenters. The number of methoxy groups -OCH3 is 1. The van der Waals surface area contributed by atoms with Gasteiger partial charge in [-0.05, 0) is 17.7 Å². The summed E-state index contributed by atoms with van der Waals surface area (Å²) >= 11 is 1.58. The Morgan fingerprint density at radius 1 is 1.50 bits per heavy atom. The third-order valence-electron chi connectivity index (χ3n) is 2.42. The molecular formula is C12H12N4OS. The van der Waals surface area contributed by atoms with E-state index >= 15 is 0 Å². The summed E-state index contributed by atoms with van der Waals surface area (Å²) in [6.45, 7) is 0. The molecule has 5 nitrogen and oxygen atoms in total. The Morgan fingerprint density at radius 3 is 2.94 bits per heavy atom. The van der Waals surface area contributed by atoms with Crippen LogP contribution in [0.4, 0.5) is 0 Å². The minimum atomic E-state index is 0.550. The highest BCUT2D eigenvalue weighted by molar-refractivity contribution is 7.98. The topological polar surface area (TPSA) is 63.7 Å². The van der Waals surface area contributed by atoms with E-state index in [1.165, 1.54) is 6.33 Å². The van der Waals surface area contributed by atoms with E-state index < -0.39 is 0 Å². The smallest absolute Gasteiger partial charge is 0.186 e. The van der Waals surface area contributed by atoms with Crippen LogP contribution in [0, 0.1) is 11.3 Å². The molecule has 0 amide bonds. The van der Waals surface area contributed by atoms with Gasteiger partial charge in [-0.2, -0.15) is 10.4 Å². The summed E-state index contributed by atoms with van der Waals surface area (Å²) < 4.78 is 6.83. The number of benzene rings is 1. The maximum atomic E-state index is 9.01. The second kappa shape index (κ2) is 5.56. The second-order valence-corrected chi connectivity index (χ2v) is 4.54. The van der Waals surface area contributed by atoms with Gasteiger partial charge in [0.05, 0.1) is 12.7 Å². The van der Waals surface area contributed by atoms with Crippen molar-refractivity contribution in [3.05, 3.63) is 35.7 Å². The van der Waals surface area contributed by atoms with Crippen molar-refractivity contribution in [3.63, 3.8) is 0 Å². The third-order valence-corrected chi connectivity index (χ3v) is 3.53. The fourth-order valence-electron chi connectivity index (χ4n) is 1.50. The quantitative estimate of drug-likeness (QED) is 0.787. The summed E-state index contributed by atoms with van der Waals surface area (Å²) in [7, 11) is 3.41. The van der Waals surface area contributed by atoms with Gasteiger partial charge in [0.25, 0.3) is 0 Å². The van der Waals surface area contributed by atoms with Crippen LogP contribution >= 0.6 is 11.8 Å².